The first-order valence-corrected chi connectivity index (χ1v) is 14.9. The molecule has 0 aromatic heterocycles. The van der Waals surface area contributed by atoms with Crippen molar-refractivity contribution in [2.24, 2.45) is 11.7 Å². The first kappa shape index (κ1) is 31.9. The van der Waals surface area contributed by atoms with Gasteiger partial charge >= 0.3 is 5.97 Å². The number of esters is 1. The Bertz CT molecular complexity index is 1260. The van der Waals surface area contributed by atoms with Crippen LogP contribution >= 0.6 is 12.4 Å². The van der Waals surface area contributed by atoms with Gasteiger partial charge in [0.2, 0.25) is 15.9 Å². The first-order chi connectivity index (χ1) is 18.5. The van der Waals surface area contributed by atoms with E-state index in [0.29, 0.717) is 45.4 Å². The molecule has 4 rings (SSSR count). The molecule has 0 saturated carbocycles. The second kappa shape index (κ2) is 13.3. The molecule has 40 heavy (non-hydrogen) atoms. The highest BCUT2D eigenvalue weighted by molar-refractivity contribution is 7.89. The molecule has 4 N–H and O–H groups in total. The van der Waals surface area contributed by atoms with E-state index >= 15 is 0 Å². The lowest BCUT2D eigenvalue weighted by Crippen LogP contribution is -2.57. The van der Waals surface area contributed by atoms with Gasteiger partial charge in [0.1, 0.15) is 12.1 Å². The second-order valence-electron chi connectivity index (χ2n) is 11.0. The predicted molar refractivity (Wildman–Crippen MR) is 155 cm³/mol. The number of likely N-dealkylation sites (tertiary alicyclic amines) is 1. The first-order valence-electron chi connectivity index (χ1n) is 13.5. The molecule has 11 nitrogen and oxygen atoms in total. The van der Waals surface area contributed by atoms with E-state index in [4.69, 9.17) is 15.9 Å². The Kier molecular flexibility index (Phi) is 10.6. The van der Waals surface area contributed by atoms with Crippen LogP contribution in [0.15, 0.2) is 34.7 Å². The molecule has 1 aromatic rings. The molecule has 1 saturated heterocycles. The van der Waals surface area contributed by atoms with E-state index in [1.54, 1.807) is 17.0 Å². The van der Waals surface area contributed by atoms with Crippen molar-refractivity contribution in [3.63, 3.8) is 0 Å². The van der Waals surface area contributed by atoms with Gasteiger partial charge in [0.25, 0.3) is 0 Å². The fourth-order valence-corrected chi connectivity index (χ4v) is 6.91. The summed E-state index contributed by atoms with van der Waals surface area (Å²) in [6, 6.07) is 3.22. The summed E-state index contributed by atoms with van der Waals surface area (Å²) in [4.78, 5) is 32.0. The summed E-state index contributed by atoms with van der Waals surface area (Å²) in [5.41, 5.74) is 8.59. The molecular formula is C27H41ClN6O5S. The maximum Gasteiger partial charge on any atom is 0.328 e. The van der Waals surface area contributed by atoms with Crippen molar-refractivity contribution in [3.05, 3.63) is 41.0 Å². The highest BCUT2D eigenvalue weighted by atomic mass is 35.5. The molecule has 0 aliphatic carbocycles. The molecule has 3 heterocycles. The van der Waals surface area contributed by atoms with Crippen LogP contribution in [0.5, 0.6) is 0 Å². The average Bonchev–Trinajstić information content (AvgIpc) is 2.91. The van der Waals surface area contributed by atoms with Crippen LogP contribution in [0.3, 0.4) is 0 Å². The summed E-state index contributed by atoms with van der Waals surface area (Å²) in [7, 11) is -0.779. The van der Waals surface area contributed by atoms with Crippen LogP contribution in [-0.2, 0) is 37.3 Å². The number of likely N-dealkylation sites (N-methyl/N-ethyl adjacent to an activating group) is 1. The van der Waals surface area contributed by atoms with Gasteiger partial charge in [0.05, 0.1) is 12.0 Å². The van der Waals surface area contributed by atoms with E-state index in [9.17, 15) is 18.0 Å². The number of guanidine groups is 1. The van der Waals surface area contributed by atoms with Crippen molar-refractivity contribution in [3.8, 4) is 0 Å². The number of benzene rings is 1. The number of ether oxygens (including phenoxy) is 1. The third-order valence-electron chi connectivity index (χ3n) is 7.94. The number of nitrogens with one attached hydrogen (secondary N) is 2. The highest BCUT2D eigenvalue weighted by Crippen LogP contribution is 2.27. The number of hydrogen-bond acceptors (Lipinski definition) is 7. The Morgan fingerprint density at radius 2 is 1.95 bits per heavy atom. The summed E-state index contributed by atoms with van der Waals surface area (Å²) in [6.45, 7) is 4.85. The molecule has 222 valence electrons. The van der Waals surface area contributed by atoms with E-state index in [1.807, 2.05) is 26.1 Å². The zero-order valence-corrected chi connectivity index (χ0v) is 25.0. The van der Waals surface area contributed by atoms with Gasteiger partial charge in [-0.1, -0.05) is 24.6 Å². The Morgan fingerprint density at radius 3 is 2.65 bits per heavy atom. The van der Waals surface area contributed by atoms with E-state index < -0.39 is 34.0 Å². The molecular weight excluding hydrogens is 556 g/mol. The van der Waals surface area contributed by atoms with Gasteiger partial charge in [-0.3, -0.25) is 10.2 Å². The lowest BCUT2D eigenvalue weighted by molar-refractivity contribution is -0.156. The van der Waals surface area contributed by atoms with Crippen LogP contribution in [-0.4, -0.2) is 93.4 Å². The van der Waals surface area contributed by atoms with Gasteiger partial charge in [-0.15, -0.1) is 12.4 Å². The minimum absolute atomic E-state index is 0. The minimum Gasteiger partial charge on any atom is -0.467 e. The van der Waals surface area contributed by atoms with Gasteiger partial charge in [0.15, 0.2) is 5.96 Å². The third-order valence-corrected chi connectivity index (χ3v) is 9.41. The average molecular weight is 597 g/mol. The SMILES string of the molecule is COC(=O)[C@@H]1C[C@H](C)CCN1C(=O)[C@H](CC1=CCCN(C(=N)N)C1)NS(=O)(=O)c1ccc2c(c1)CN(C)CC2.Cl. The molecule has 3 aliphatic rings. The zero-order chi connectivity index (χ0) is 28.3. The largest absolute Gasteiger partial charge is 0.467 e. The number of amides is 1. The second-order valence-corrected chi connectivity index (χ2v) is 12.7. The topological polar surface area (TPSA) is 149 Å². The van der Waals surface area contributed by atoms with Crippen LogP contribution in [0, 0.1) is 11.3 Å². The Balaban J connectivity index is 0.00000441. The van der Waals surface area contributed by atoms with E-state index in [1.165, 1.54) is 12.0 Å². The maximum atomic E-state index is 14.0. The number of methoxy groups -OCH3 is 1. The fourth-order valence-electron chi connectivity index (χ4n) is 5.67. The summed E-state index contributed by atoms with van der Waals surface area (Å²) in [6.07, 6.45) is 4.72. The number of piperidine rings is 1. The molecule has 0 bridgehead atoms. The predicted octanol–water partition coefficient (Wildman–Crippen LogP) is 1.46. The molecule has 0 radical (unpaired) electrons. The molecule has 1 amide bonds. The van der Waals surface area contributed by atoms with E-state index in [0.717, 1.165) is 29.7 Å². The van der Waals surface area contributed by atoms with Crippen molar-refractivity contribution < 1.29 is 22.7 Å². The van der Waals surface area contributed by atoms with Crippen LogP contribution in [0.1, 0.15) is 43.7 Å². The lowest BCUT2D eigenvalue weighted by atomic mass is 9.91. The zero-order valence-electron chi connectivity index (χ0n) is 23.4. The Morgan fingerprint density at radius 1 is 1.20 bits per heavy atom. The quantitative estimate of drug-likeness (QED) is 0.185. The van der Waals surface area contributed by atoms with E-state index in [2.05, 4.69) is 9.62 Å². The molecule has 1 aromatic carbocycles. The number of carbonyl (C=O) groups is 2. The van der Waals surface area contributed by atoms with Gasteiger partial charge < -0.3 is 25.2 Å². The van der Waals surface area contributed by atoms with Crippen LogP contribution < -0.4 is 10.5 Å². The summed E-state index contributed by atoms with van der Waals surface area (Å²) < 4.78 is 35.0. The molecule has 0 spiro atoms. The van der Waals surface area contributed by atoms with Gasteiger partial charge in [-0.25, -0.2) is 13.2 Å². The van der Waals surface area contributed by atoms with Gasteiger partial charge in [-0.05, 0) is 68.3 Å². The number of hydrogen-bond donors (Lipinski definition) is 3. The summed E-state index contributed by atoms with van der Waals surface area (Å²) in [5.74, 6) is -0.805. The van der Waals surface area contributed by atoms with Crippen LogP contribution in [0.4, 0.5) is 0 Å². The number of rotatable bonds is 7. The van der Waals surface area contributed by atoms with Crippen molar-refractivity contribution >= 4 is 40.3 Å². The summed E-state index contributed by atoms with van der Waals surface area (Å²) in [5, 5.41) is 7.80. The molecule has 3 aliphatic heterocycles. The highest BCUT2D eigenvalue weighted by Gasteiger charge is 2.40. The number of fused-ring (bicyclic) bond motifs is 1. The number of halogens is 1. The summed E-state index contributed by atoms with van der Waals surface area (Å²) >= 11 is 0. The number of sulfonamides is 1. The Labute approximate surface area is 243 Å². The van der Waals surface area contributed by atoms with Crippen molar-refractivity contribution in [1.29, 1.82) is 5.41 Å². The minimum atomic E-state index is -4.07. The molecule has 13 heteroatoms. The van der Waals surface area contributed by atoms with Crippen molar-refractivity contribution in [1.82, 2.24) is 19.4 Å². The standard InChI is InChI=1S/C27H40N6O5S.ClH/c1-18-8-12-33(24(13-18)26(35)38-3)25(34)23(14-19-5-4-10-32(16-19)27(28)29)30-39(36,37)22-7-6-20-9-11-31(2)17-21(20)15-22;/h5-7,15,18,23-24,30H,4,8-14,16-17H2,1-3H3,(H3,28,29);1H/t18-,23+,24+;/m1./s1. The Hall–Kier alpha value is -2.67. The lowest BCUT2D eigenvalue weighted by Gasteiger charge is -2.39. The number of nitrogens with two attached hydrogens (primary N) is 1. The van der Waals surface area contributed by atoms with Crippen molar-refractivity contribution in [2.75, 3.05) is 40.3 Å². The van der Waals surface area contributed by atoms with Crippen LogP contribution in [0.25, 0.3) is 0 Å². The number of nitrogens with zero attached hydrogens (tertiary/aromatic N) is 3. The van der Waals surface area contributed by atoms with Gasteiger partial charge in [-0.2, -0.15) is 4.72 Å². The molecule has 0 unspecified atom stereocenters. The molecule has 3 atom stereocenters. The van der Waals surface area contributed by atoms with E-state index in [-0.39, 0.29) is 35.6 Å². The fraction of sp³-hybridized carbons (Fsp3) is 0.593. The molecule has 1 fully saturated rings. The smallest absolute Gasteiger partial charge is 0.328 e. The van der Waals surface area contributed by atoms with Gasteiger partial charge in [0, 0.05) is 32.7 Å². The van der Waals surface area contributed by atoms with Crippen LogP contribution in [0.2, 0.25) is 0 Å². The number of carbonyl (C=O) groups excluding carboxylic acids is 2. The monoisotopic (exact) mass is 596 g/mol. The van der Waals surface area contributed by atoms with Crippen molar-refractivity contribution in [2.45, 2.75) is 62.6 Å². The maximum absolute atomic E-state index is 14.0. The normalized spacial score (nSPS) is 22.4. The third kappa shape index (κ3) is 7.34.